The Bertz CT molecular complexity index is 1180. The van der Waals surface area contributed by atoms with Gasteiger partial charge in [-0.3, -0.25) is 9.59 Å². The number of benzene rings is 1. The minimum Gasteiger partial charge on any atom is -0.475 e. The second-order valence-corrected chi connectivity index (χ2v) is 6.91. The molecule has 0 unspecified atom stereocenters. The number of rotatable bonds is 7. The van der Waals surface area contributed by atoms with E-state index in [1.54, 1.807) is 36.9 Å². The molecule has 0 bridgehead atoms. The third kappa shape index (κ3) is 4.35. The second kappa shape index (κ2) is 8.86. The lowest BCUT2D eigenvalue weighted by Crippen LogP contribution is -2.28. The van der Waals surface area contributed by atoms with Gasteiger partial charge in [0.25, 0.3) is 5.91 Å². The maximum Gasteiger partial charge on any atom is 0.374 e. The lowest BCUT2D eigenvalue weighted by atomic mass is 10.0. The predicted molar refractivity (Wildman–Crippen MR) is 114 cm³/mol. The average Bonchev–Trinajstić information content (AvgIpc) is 3.32. The number of carbonyl (C=O) groups is 3. The molecule has 0 saturated heterocycles. The molecule has 0 aliphatic carbocycles. The largest absolute Gasteiger partial charge is 0.475 e. The number of anilines is 1. The van der Waals surface area contributed by atoms with E-state index in [2.05, 4.69) is 10.5 Å². The lowest BCUT2D eigenvalue weighted by Gasteiger charge is -2.16. The first-order chi connectivity index (χ1) is 14.8. The van der Waals surface area contributed by atoms with Gasteiger partial charge in [-0.05, 0) is 51.0 Å². The first-order valence-electron chi connectivity index (χ1n) is 9.76. The molecule has 9 nitrogen and oxygen atoms in total. The summed E-state index contributed by atoms with van der Waals surface area (Å²) in [5.41, 5.74) is 1.90. The third-order valence-corrected chi connectivity index (χ3v) is 4.99. The van der Waals surface area contributed by atoms with Crippen LogP contribution in [0.2, 0.25) is 0 Å². The highest BCUT2D eigenvalue weighted by Crippen LogP contribution is 2.34. The minimum absolute atomic E-state index is 0.0258. The SMILES string of the molecule is CCN(CC)C(=O)/C=C(\C)c1ccc2oc(C(=O)O)c(NC(=O)c3cnoc3C)c2c1. The van der Waals surface area contributed by atoms with E-state index in [0.717, 1.165) is 0 Å². The molecule has 1 aromatic carbocycles. The number of amides is 2. The monoisotopic (exact) mass is 425 g/mol. The van der Waals surface area contributed by atoms with E-state index >= 15 is 0 Å². The molecule has 31 heavy (non-hydrogen) atoms. The predicted octanol–water partition coefficient (Wildman–Crippen LogP) is 3.95. The number of hydrogen-bond acceptors (Lipinski definition) is 6. The standard InChI is InChI=1S/C22H23N3O6/c1-5-25(6-2)18(26)9-12(3)14-7-8-17-15(10-14)19(20(30-17)22(28)29)24-21(27)16-11-23-31-13(16)4/h7-11H,5-6H2,1-4H3,(H,24,27)(H,28,29)/b12-9+. The molecule has 0 atom stereocenters. The fraction of sp³-hybridized carbons (Fsp3) is 0.273. The number of likely N-dealkylation sites (N-methyl/N-ethyl adjacent to an activating group) is 1. The third-order valence-electron chi connectivity index (χ3n) is 4.99. The summed E-state index contributed by atoms with van der Waals surface area (Å²) in [5, 5.41) is 16.1. The molecule has 9 heteroatoms. The van der Waals surface area contributed by atoms with Gasteiger partial charge in [-0.2, -0.15) is 0 Å². The van der Waals surface area contributed by atoms with Crippen molar-refractivity contribution in [3.63, 3.8) is 0 Å². The fourth-order valence-corrected chi connectivity index (χ4v) is 3.21. The van der Waals surface area contributed by atoms with Crippen LogP contribution < -0.4 is 5.32 Å². The number of fused-ring (bicyclic) bond motifs is 1. The number of carbonyl (C=O) groups excluding carboxylic acids is 2. The molecule has 162 valence electrons. The molecule has 0 radical (unpaired) electrons. The Morgan fingerprint density at radius 1 is 1.23 bits per heavy atom. The van der Waals surface area contributed by atoms with Gasteiger partial charge < -0.3 is 24.3 Å². The number of furan rings is 1. The van der Waals surface area contributed by atoms with Crippen LogP contribution in [0.15, 0.2) is 39.4 Å². The molecule has 3 rings (SSSR count). The highest BCUT2D eigenvalue weighted by Gasteiger charge is 2.24. The average molecular weight is 425 g/mol. The number of hydrogen-bond donors (Lipinski definition) is 2. The van der Waals surface area contributed by atoms with Crippen molar-refractivity contribution in [2.45, 2.75) is 27.7 Å². The van der Waals surface area contributed by atoms with Crippen LogP contribution in [-0.4, -0.2) is 46.0 Å². The number of carboxylic acids is 1. The summed E-state index contributed by atoms with van der Waals surface area (Å²) >= 11 is 0. The first kappa shape index (κ1) is 21.8. The van der Waals surface area contributed by atoms with Crippen molar-refractivity contribution in [1.29, 1.82) is 0 Å². The van der Waals surface area contributed by atoms with E-state index in [1.165, 1.54) is 12.3 Å². The van der Waals surface area contributed by atoms with E-state index < -0.39 is 17.6 Å². The lowest BCUT2D eigenvalue weighted by molar-refractivity contribution is -0.125. The van der Waals surface area contributed by atoms with E-state index in [9.17, 15) is 19.5 Å². The number of aromatic carboxylic acids is 1. The van der Waals surface area contributed by atoms with Gasteiger partial charge in [-0.15, -0.1) is 0 Å². The van der Waals surface area contributed by atoms with Crippen LogP contribution in [0.5, 0.6) is 0 Å². The molecule has 0 aliphatic rings. The number of aryl methyl sites for hydroxylation is 1. The smallest absolute Gasteiger partial charge is 0.374 e. The molecule has 0 fully saturated rings. The second-order valence-electron chi connectivity index (χ2n) is 6.91. The molecule has 3 aromatic rings. The van der Waals surface area contributed by atoms with Crippen LogP contribution in [0, 0.1) is 6.92 Å². The van der Waals surface area contributed by atoms with Gasteiger partial charge in [0.2, 0.25) is 11.7 Å². The number of nitrogens with zero attached hydrogens (tertiary/aromatic N) is 2. The first-order valence-corrected chi connectivity index (χ1v) is 9.76. The van der Waals surface area contributed by atoms with Crippen molar-refractivity contribution >= 4 is 40.0 Å². The number of allylic oxidation sites excluding steroid dienone is 1. The molecular formula is C22H23N3O6. The summed E-state index contributed by atoms with van der Waals surface area (Å²) in [6.07, 6.45) is 2.79. The molecule has 0 spiro atoms. The Balaban J connectivity index is 2.04. The summed E-state index contributed by atoms with van der Waals surface area (Å²) in [7, 11) is 0. The van der Waals surface area contributed by atoms with Crippen molar-refractivity contribution in [3.05, 3.63) is 53.1 Å². The van der Waals surface area contributed by atoms with E-state index in [0.29, 0.717) is 41.0 Å². The van der Waals surface area contributed by atoms with Crippen molar-refractivity contribution in [1.82, 2.24) is 10.1 Å². The van der Waals surface area contributed by atoms with E-state index in [-0.39, 0.29) is 17.2 Å². The summed E-state index contributed by atoms with van der Waals surface area (Å²) in [6.45, 7) is 8.37. The number of carboxylic acid groups (broad SMARTS) is 1. The van der Waals surface area contributed by atoms with Crippen molar-refractivity contribution < 1.29 is 28.4 Å². The quantitative estimate of drug-likeness (QED) is 0.549. The molecule has 2 N–H and O–H groups in total. The van der Waals surface area contributed by atoms with Crippen molar-refractivity contribution in [2.24, 2.45) is 0 Å². The molecule has 2 amide bonds. The van der Waals surface area contributed by atoms with Crippen LogP contribution in [0.4, 0.5) is 5.69 Å². The van der Waals surface area contributed by atoms with Gasteiger partial charge in [0.1, 0.15) is 22.6 Å². The number of nitrogens with one attached hydrogen (secondary N) is 1. The van der Waals surface area contributed by atoms with Crippen LogP contribution in [-0.2, 0) is 4.79 Å². The van der Waals surface area contributed by atoms with Gasteiger partial charge in [-0.1, -0.05) is 11.2 Å². The summed E-state index contributed by atoms with van der Waals surface area (Å²) in [6, 6.07) is 5.02. The summed E-state index contributed by atoms with van der Waals surface area (Å²) < 4.78 is 10.4. The highest BCUT2D eigenvalue weighted by atomic mass is 16.5. The van der Waals surface area contributed by atoms with Gasteiger partial charge in [-0.25, -0.2) is 4.79 Å². The Labute approximate surface area is 178 Å². The highest BCUT2D eigenvalue weighted by molar-refractivity contribution is 6.13. The molecule has 2 aromatic heterocycles. The zero-order valence-electron chi connectivity index (χ0n) is 17.7. The molecule has 0 saturated carbocycles. The molecular weight excluding hydrogens is 402 g/mol. The Morgan fingerprint density at radius 3 is 2.52 bits per heavy atom. The fourth-order valence-electron chi connectivity index (χ4n) is 3.21. The Hall–Kier alpha value is -3.88. The Morgan fingerprint density at radius 2 is 1.94 bits per heavy atom. The van der Waals surface area contributed by atoms with Crippen LogP contribution >= 0.6 is 0 Å². The van der Waals surface area contributed by atoms with Crippen LogP contribution in [0.3, 0.4) is 0 Å². The van der Waals surface area contributed by atoms with E-state index in [4.69, 9.17) is 8.94 Å². The topological polar surface area (TPSA) is 126 Å². The van der Waals surface area contributed by atoms with Gasteiger partial charge in [0.15, 0.2) is 0 Å². The van der Waals surface area contributed by atoms with Crippen molar-refractivity contribution in [2.75, 3.05) is 18.4 Å². The van der Waals surface area contributed by atoms with E-state index in [1.807, 2.05) is 13.8 Å². The van der Waals surface area contributed by atoms with Crippen molar-refractivity contribution in [3.8, 4) is 0 Å². The summed E-state index contributed by atoms with van der Waals surface area (Å²) in [4.78, 5) is 38.4. The normalized spacial score (nSPS) is 11.5. The van der Waals surface area contributed by atoms with Gasteiger partial charge >= 0.3 is 5.97 Å². The molecule has 2 heterocycles. The zero-order chi connectivity index (χ0) is 22.7. The molecule has 0 aliphatic heterocycles. The van der Waals surface area contributed by atoms with Crippen LogP contribution in [0.25, 0.3) is 16.5 Å². The summed E-state index contributed by atoms with van der Waals surface area (Å²) in [5.74, 6) is -2.10. The maximum atomic E-state index is 12.6. The van der Waals surface area contributed by atoms with Crippen LogP contribution in [0.1, 0.15) is 53.0 Å². The maximum absolute atomic E-state index is 12.6. The zero-order valence-corrected chi connectivity index (χ0v) is 17.7. The Kier molecular flexibility index (Phi) is 6.24. The minimum atomic E-state index is -1.32. The van der Waals surface area contributed by atoms with Gasteiger partial charge in [0, 0.05) is 24.6 Å². The number of aromatic nitrogens is 1. The van der Waals surface area contributed by atoms with Gasteiger partial charge in [0.05, 0.1) is 6.20 Å².